The Kier molecular flexibility index (Phi) is 8.50. The molecule has 0 atom stereocenters. The van der Waals surface area contributed by atoms with Gasteiger partial charge in [0.05, 0.1) is 18.6 Å². The summed E-state index contributed by atoms with van der Waals surface area (Å²) in [5, 5.41) is 13.3. The second kappa shape index (κ2) is 12.6. The van der Waals surface area contributed by atoms with E-state index in [4.69, 9.17) is 14.2 Å². The SMILES string of the molecule is CCOC(=O)C1=C(O)/C(=C/c2ccc(OCc3cccc4ccccc34)c(OC)c2)SC1=NC(=O)c1ccccc1. The van der Waals surface area contributed by atoms with Crippen LogP contribution < -0.4 is 9.47 Å². The van der Waals surface area contributed by atoms with Crippen LogP contribution in [0.25, 0.3) is 16.8 Å². The first-order valence-corrected chi connectivity index (χ1v) is 13.8. The van der Waals surface area contributed by atoms with Crippen LogP contribution in [0.4, 0.5) is 0 Å². The van der Waals surface area contributed by atoms with Crippen molar-refractivity contribution in [1.29, 1.82) is 0 Å². The highest BCUT2D eigenvalue weighted by atomic mass is 32.2. The number of benzene rings is 4. The Labute approximate surface area is 241 Å². The van der Waals surface area contributed by atoms with E-state index in [2.05, 4.69) is 23.2 Å². The summed E-state index contributed by atoms with van der Waals surface area (Å²) in [6, 6.07) is 28.1. The summed E-state index contributed by atoms with van der Waals surface area (Å²) in [6.45, 7) is 2.13. The molecule has 0 aliphatic carbocycles. The van der Waals surface area contributed by atoms with Gasteiger partial charge in [-0.25, -0.2) is 9.79 Å². The largest absolute Gasteiger partial charge is 0.506 e. The van der Waals surface area contributed by atoms with E-state index in [9.17, 15) is 14.7 Å². The van der Waals surface area contributed by atoms with E-state index in [-0.39, 0.29) is 23.0 Å². The molecule has 41 heavy (non-hydrogen) atoms. The number of aliphatic imine (C=N–C) groups is 1. The normalized spacial score (nSPS) is 15.0. The van der Waals surface area contributed by atoms with Gasteiger partial charge in [-0.1, -0.05) is 78.5 Å². The molecule has 4 aromatic rings. The number of carbonyl (C=O) groups excluding carboxylic acids is 2. The molecule has 8 heteroatoms. The van der Waals surface area contributed by atoms with Gasteiger partial charge in [-0.15, -0.1) is 0 Å². The number of amides is 1. The molecule has 1 N–H and O–H groups in total. The van der Waals surface area contributed by atoms with E-state index in [1.165, 1.54) is 0 Å². The molecule has 1 aliphatic rings. The highest BCUT2D eigenvalue weighted by Crippen LogP contribution is 2.40. The Bertz CT molecular complexity index is 1700. The van der Waals surface area contributed by atoms with E-state index in [0.29, 0.717) is 34.1 Å². The Hall–Kier alpha value is -4.82. The maximum Gasteiger partial charge on any atom is 0.344 e. The summed E-state index contributed by atoms with van der Waals surface area (Å²) >= 11 is 1.02. The van der Waals surface area contributed by atoms with Crippen molar-refractivity contribution in [1.82, 2.24) is 0 Å². The van der Waals surface area contributed by atoms with E-state index in [0.717, 1.165) is 28.1 Å². The quantitative estimate of drug-likeness (QED) is 0.227. The topological polar surface area (TPSA) is 94.4 Å². The molecule has 1 aliphatic heterocycles. The standard InChI is InChI=1S/C33H27NO6S/c1-3-39-33(37)29-30(35)28(41-32(29)34-31(36)23-11-5-4-6-12-23)19-21-16-17-26(27(18-21)38-2)40-20-24-14-9-13-22-10-7-8-15-25(22)24/h4-19,35H,3,20H2,1-2H3/b28-19-,34-32?. The number of hydrogen-bond acceptors (Lipinski definition) is 7. The van der Waals surface area contributed by atoms with Crippen LogP contribution in [0, 0.1) is 0 Å². The smallest absolute Gasteiger partial charge is 0.344 e. The molecule has 0 fully saturated rings. The van der Waals surface area contributed by atoms with Crippen LogP contribution in [0.5, 0.6) is 11.5 Å². The van der Waals surface area contributed by atoms with Crippen molar-refractivity contribution in [3.8, 4) is 11.5 Å². The fourth-order valence-corrected chi connectivity index (χ4v) is 5.36. The van der Waals surface area contributed by atoms with Crippen molar-refractivity contribution in [2.24, 2.45) is 4.99 Å². The summed E-state index contributed by atoms with van der Waals surface area (Å²) in [5.41, 5.74) is 1.96. The zero-order valence-electron chi connectivity index (χ0n) is 22.5. The lowest BCUT2D eigenvalue weighted by atomic mass is 10.1. The Morgan fingerprint density at radius 2 is 1.68 bits per heavy atom. The molecule has 0 spiro atoms. The average molecular weight is 566 g/mol. The minimum atomic E-state index is -0.754. The van der Waals surface area contributed by atoms with E-state index >= 15 is 0 Å². The second-order valence-electron chi connectivity index (χ2n) is 8.98. The molecule has 1 amide bonds. The maximum atomic E-state index is 12.7. The van der Waals surface area contributed by atoms with Crippen molar-refractivity contribution in [3.05, 3.63) is 124 Å². The van der Waals surface area contributed by atoms with Crippen LogP contribution >= 0.6 is 11.8 Å². The number of fused-ring (bicyclic) bond motifs is 1. The summed E-state index contributed by atoms with van der Waals surface area (Å²) in [5.74, 6) is -0.522. The Balaban J connectivity index is 1.41. The predicted octanol–water partition coefficient (Wildman–Crippen LogP) is 7.13. The molecule has 1 heterocycles. The summed E-state index contributed by atoms with van der Waals surface area (Å²) in [7, 11) is 1.55. The molecule has 0 saturated heterocycles. The van der Waals surface area contributed by atoms with Crippen molar-refractivity contribution >= 4 is 45.5 Å². The lowest BCUT2D eigenvalue weighted by Crippen LogP contribution is -2.14. The van der Waals surface area contributed by atoms with Crippen LogP contribution in [0.2, 0.25) is 0 Å². The molecule has 206 valence electrons. The van der Waals surface area contributed by atoms with Gasteiger partial charge in [-0.05, 0) is 59.2 Å². The number of rotatable bonds is 8. The minimum absolute atomic E-state index is 0.0723. The first-order chi connectivity index (χ1) is 20.0. The zero-order chi connectivity index (χ0) is 28.8. The van der Waals surface area contributed by atoms with Gasteiger partial charge in [0.2, 0.25) is 0 Å². The van der Waals surface area contributed by atoms with Crippen LogP contribution in [-0.4, -0.2) is 35.7 Å². The van der Waals surface area contributed by atoms with Gasteiger partial charge in [0, 0.05) is 5.56 Å². The number of thioether (sulfide) groups is 1. The third-order valence-electron chi connectivity index (χ3n) is 6.34. The Morgan fingerprint density at radius 1 is 0.927 bits per heavy atom. The fraction of sp³-hybridized carbons (Fsp3) is 0.121. The van der Waals surface area contributed by atoms with Gasteiger partial charge in [0.1, 0.15) is 23.0 Å². The minimum Gasteiger partial charge on any atom is -0.506 e. The molecule has 7 nitrogen and oxygen atoms in total. The summed E-state index contributed by atoms with van der Waals surface area (Å²) < 4.78 is 16.8. The van der Waals surface area contributed by atoms with Crippen molar-refractivity contribution in [2.45, 2.75) is 13.5 Å². The molecule has 4 aromatic carbocycles. The number of ether oxygens (including phenoxy) is 3. The first kappa shape index (κ1) is 27.7. The lowest BCUT2D eigenvalue weighted by molar-refractivity contribution is -0.138. The second-order valence-corrected chi connectivity index (χ2v) is 10.0. The van der Waals surface area contributed by atoms with Gasteiger partial charge >= 0.3 is 5.97 Å². The van der Waals surface area contributed by atoms with Crippen LogP contribution in [0.15, 0.2) is 112 Å². The van der Waals surface area contributed by atoms with Gasteiger partial charge < -0.3 is 19.3 Å². The molecular weight excluding hydrogens is 538 g/mol. The van der Waals surface area contributed by atoms with Crippen LogP contribution in [0.1, 0.15) is 28.4 Å². The molecule has 0 bridgehead atoms. The monoisotopic (exact) mass is 565 g/mol. The van der Waals surface area contributed by atoms with E-state index in [1.807, 2.05) is 30.3 Å². The zero-order valence-corrected chi connectivity index (χ0v) is 23.3. The van der Waals surface area contributed by atoms with E-state index in [1.54, 1.807) is 62.6 Å². The van der Waals surface area contributed by atoms with Gasteiger partial charge in [-0.2, -0.15) is 0 Å². The number of esters is 1. The lowest BCUT2D eigenvalue weighted by Gasteiger charge is -2.13. The number of aliphatic hydroxyl groups excluding tert-OH is 1. The molecular formula is C33H27NO6S. The fourth-order valence-electron chi connectivity index (χ4n) is 4.35. The molecule has 0 radical (unpaired) electrons. The predicted molar refractivity (Wildman–Crippen MR) is 161 cm³/mol. The third-order valence-corrected chi connectivity index (χ3v) is 7.36. The van der Waals surface area contributed by atoms with Gasteiger partial charge in [-0.3, -0.25) is 4.79 Å². The summed E-state index contributed by atoms with van der Waals surface area (Å²) in [6.07, 6.45) is 1.69. The number of aliphatic hydroxyl groups is 1. The maximum absolute atomic E-state index is 12.7. The first-order valence-electron chi connectivity index (χ1n) is 12.9. The average Bonchev–Trinajstić information content (AvgIpc) is 3.30. The summed E-state index contributed by atoms with van der Waals surface area (Å²) in [4.78, 5) is 29.9. The van der Waals surface area contributed by atoms with Gasteiger partial charge in [0.25, 0.3) is 5.91 Å². The third kappa shape index (κ3) is 6.18. The van der Waals surface area contributed by atoms with Crippen molar-refractivity contribution in [2.75, 3.05) is 13.7 Å². The molecule has 0 aromatic heterocycles. The number of hydrogen-bond donors (Lipinski definition) is 1. The molecule has 0 unspecified atom stereocenters. The number of carbonyl (C=O) groups is 2. The van der Waals surface area contributed by atoms with Crippen LogP contribution in [0.3, 0.4) is 0 Å². The van der Waals surface area contributed by atoms with Crippen LogP contribution in [-0.2, 0) is 16.1 Å². The van der Waals surface area contributed by atoms with Crippen molar-refractivity contribution in [3.63, 3.8) is 0 Å². The number of methoxy groups -OCH3 is 1. The highest BCUT2D eigenvalue weighted by molar-refractivity contribution is 8.18. The Morgan fingerprint density at radius 3 is 2.46 bits per heavy atom. The highest BCUT2D eigenvalue weighted by Gasteiger charge is 2.34. The van der Waals surface area contributed by atoms with Crippen molar-refractivity contribution < 1.29 is 28.9 Å². The number of nitrogens with zero attached hydrogens (tertiary/aromatic N) is 1. The molecule has 5 rings (SSSR count). The molecule has 0 saturated carbocycles. The van der Waals surface area contributed by atoms with E-state index < -0.39 is 11.9 Å². The van der Waals surface area contributed by atoms with Gasteiger partial charge in [0.15, 0.2) is 11.5 Å².